The zero-order valence-corrected chi connectivity index (χ0v) is 17.2. The van der Waals surface area contributed by atoms with Crippen LogP contribution >= 0.6 is 0 Å². The molecule has 0 bridgehead atoms. The molecule has 1 amide bonds. The molecular weight excluding hydrogens is 357 g/mol. The van der Waals surface area contributed by atoms with Gasteiger partial charge in [0.2, 0.25) is 5.91 Å². The number of hydrogen-bond donors (Lipinski definition) is 3. The molecule has 0 spiro atoms. The number of aliphatic hydroxyl groups is 1. The van der Waals surface area contributed by atoms with Gasteiger partial charge in [0.25, 0.3) is 0 Å². The van der Waals surface area contributed by atoms with Crippen LogP contribution in [0.25, 0.3) is 11.3 Å². The summed E-state index contributed by atoms with van der Waals surface area (Å²) in [6, 6.07) is 10.2. The Kier molecular flexibility index (Phi) is 7.27. The van der Waals surface area contributed by atoms with E-state index < -0.39 is 11.2 Å². The number of benzene rings is 1. The van der Waals surface area contributed by atoms with Gasteiger partial charge in [0, 0.05) is 23.6 Å². The number of carbonyl (C=O) groups is 1. The number of nitrogens with zero attached hydrogens (tertiary/aromatic N) is 1. The maximum atomic E-state index is 14.3. The summed E-state index contributed by atoms with van der Waals surface area (Å²) in [5.41, 5.74) is 1.68. The molecule has 0 aliphatic heterocycles. The van der Waals surface area contributed by atoms with E-state index in [1.807, 2.05) is 58.9 Å². The Hall–Kier alpha value is -2.31. The van der Waals surface area contributed by atoms with Gasteiger partial charge in [-0.25, -0.2) is 9.37 Å². The lowest BCUT2D eigenvalue weighted by Crippen LogP contribution is -2.37. The van der Waals surface area contributed by atoms with Crippen molar-refractivity contribution in [1.82, 2.24) is 10.3 Å². The Morgan fingerprint density at radius 1 is 1.18 bits per heavy atom. The van der Waals surface area contributed by atoms with Gasteiger partial charge in [-0.1, -0.05) is 52.8 Å². The summed E-state index contributed by atoms with van der Waals surface area (Å²) < 4.78 is 14.3. The standard InChI is InChI=1S/C22H30FN3O2/c1-14(2)20(13-27)24-12-19-16(23)10-11-18(25-19)15-8-6-7-9-17(15)26-21(28)22(3,4)5/h6-11,14,20,24,27H,12-13H2,1-5H3,(H,26,28)/t20-/m0/s1. The van der Waals surface area contributed by atoms with E-state index >= 15 is 0 Å². The highest BCUT2D eigenvalue weighted by Gasteiger charge is 2.22. The molecule has 2 rings (SSSR count). The van der Waals surface area contributed by atoms with Crippen LogP contribution in [0.15, 0.2) is 36.4 Å². The van der Waals surface area contributed by atoms with Crippen LogP contribution in [0.4, 0.5) is 10.1 Å². The topological polar surface area (TPSA) is 74.2 Å². The Bertz CT molecular complexity index is 816. The highest BCUT2D eigenvalue weighted by Crippen LogP contribution is 2.28. The summed E-state index contributed by atoms with van der Waals surface area (Å²) in [5, 5.41) is 15.5. The van der Waals surface area contributed by atoms with Crippen molar-refractivity contribution >= 4 is 11.6 Å². The molecule has 0 aliphatic rings. The van der Waals surface area contributed by atoms with Gasteiger partial charge < -0.3 is 15.7 Å². The van der Waals surface area contributed by atoms with E-state index in [9.17, 15) is 14.3 Å². The molecule has 0 aliphatic carbocycles. The molecule has 0 saturated carbocycles. The van der Waals surface area contributed by atoms with Gasteiger partial charge >= 0.3 is 0 Å². The number of hydrogen-bond acceptors (Lipinski definition) is 4. The molecule has 2 aromatic rings. The van der Waals surface area contributed by atoms with Crippen LogP contribution in [-0.4, -0.2) is 28.6 Å². The smallest absolute Gasteiger partial charge is 0.229 e. The summed E-state index contributed by atoms with van der Waals surface area (Å²) in [6.07, 6.45) is 0. The second kappa shape index (κ2) is 9.26. The third-order valence-corrected chi connectivity index (χ3v) is 4.58. The minimum Gasteiger partial charge on any atom is -0.395 e. The molecule has 1 aromatic carbocycles. The van der Waals surface area contributed by atoms with Crippen LogP contribution in [-0.2, 0) is 11.3 Å². The van der Waals surface area contributed by atoms with Crippen molar-refractivity contribution in [2.45, 2.75) is 47.2 Å². The Labute approximate surface area is 166 Å². The van der Waals surface area contributed by atoms with Gasteiger partial charge in [-0.05, 0) is 24.1 Å². The van der Waals surface area contributed by atoms with Gasteiger partial charge in [0.15, 0.2) is 0 Å². The first-order valence-electron chi connectivity index (χ1n) is 9.54. The molecular formula is C22H30FN3O2. The fourth-order valence-corrected chi connectivity index (χ4v) is 2.62. The maximum Gasteiger partial charge on any atom is 0.229 e. The molecule has 5 nitrogen and oxygen atoms in total. The largest absolute Gasteiger partial charge is 0.395 e. The summed E-state index contributed by atoms with van der Waals surface area (Å²) in [7, 11) is 0. The second-order valence-corrected chi connectivity index (χ2v) is 8.29. The number of aliphatic hydroxyl groups excluding tert-OH is 1. The van der Waals surface area contributed by atoms with Gasteiger partial charge in [-0.2, -0.15) is 0 Å². The monoisotopic (exact) mass is 387 g/mol. The van der Waals surface area contributed by atoms with E-state index in [2.05, 4.69) is 15.6 Å². The predicted octanol–water partition coefficient (Wildman–Crippen LogP) is 3.98. The van der Waals surface area contributed by atoms with Crippen LogP contribution < -0.4 is 10.6 Å². The number of halogens is 1. The molecule has 3 N–H and O–H groups in total. The van der Waals surface area contributed by atoms with Crippen LogP contribution in [0.3, 0.4) is 0 Å². The molecule has 28 heavy (non-hydrogen) atoms. The number of aromatic nitrogens is 1. The first kappa shape index (κ1) is 22.0. The lowest BCUT2D eigenvalue weighted by Gasteiger charge is -2.20. The predicted molar refractivity (Wildman–Crippen MR) is 110 cm³/mol. The van der Waals surface area contributed by atoms with Crippen molar-refractivity contribution in [3.8, 4) is 11.3 Å². The molecule has 0 saturated heterocycles. The summed E-state index contributed by atoms with van der Waals surface area (Å²) in [5.74, 6) is -0.302. The van der Waals surface area contributed by atoms with E-state index in [0.717, 1.165) is 5.56 Å². The number of pyridine rings is 1. The fourth-order valence-electron chi connectivity index (χ4n) is 2.62. The Morgan fingerprint density at radius 2 is 1.86 bits per heavy atom. The van der Waals surface area contributed by atoms with E-state index in [4.69, 9.17) is 0 Å². The van der Waals surface area contributed by atoms with Gasteiger partial charge in [0.1, 0.15) is 5.82 Å². The van der Waals surface area contributed by atoms with Gasteiger partial charge in [-0.15, -0.1) is 0 Å². The van der Waals surface area contributed by atoms with E-state index in [-0.39, 0.29) is 36.7 Å². The molecule has 1 aromatic heterocycles. The molecule has 1 atom stereocenters. The van der Waals surface area contributed by atoms with Gasteiger partial charge in [0.05, 0.1) is 23.7 Å². The zero-order valence-electron chi connectivity index (χ0n) is 17.2. The molecule has 6 heteroatoms. The average Bonchev–Trinajstić information content (AvgIpc) is 2.63. The molecule has 0 fully saturated rings. The first-order chi connectivity index (χ1) is 13.1. The normalized spacial score (nSPS) is 12.9. The molecule has 0 radical (unpaired) electrons. The minimum absolute atomic E-state index is 0.0271. The summed E-state index contributed by atoms with van der Waals surface area (Å²) in [6.45, 7) is 9.69. The average molecular weight is 387 g/mol. The number of anilines is 1. The third kappa shape index (κ3) is 5.59. The lowest BCUT2D eigenvalue weighted by atomic mass is 9.95. The molecule has 0 unspecified atom stereocenters. The van der Waals surface area contributed by atoms with Crippen molar-refractivity contribution in [2.75, 3.05) is 11.9 Å². The van der Waals surface area contributed by atoms with Crippen LogP contribution in [0.1, 0.15) is 40.3 Å². The van der Waals surface area contributed by atoms with Crippen molar-refractivity contribution in [3.63, 3.8) is 0 Å². The Balaban J connectivity index is 2.30. The molecule has 1 heterocycles. The van der Waals surface area contributed by atoms with Crippen molar-refractivity contribution in [2.24, 2.45) is 11.3 Å². The number of amides is 1. The highest BCUT2D eigenvalue weighted by molar-refractivity contribution is 5.97. The maximum absolute atomic E-state index is 14.3. The number of rotatable bonds is 7. The van der Waals surface area contributed by atoms with Crippen LogP contribution in [0, 0.1) is 17.2 Å². The number of para-hydroxylation sites is 1. The fraction of sp³-hybridized carbons (Fsp3) is 0.455. The summed E-state index contributed by atoms with van der Waals surface area (Å²) >= 11 is 0. The second-order valence-electron chi connectivity index (χ2n) is 8.29. The lowest BCUT2D eigenvalue weighted by molar-refractivity contribution is -0.123. The van der Waals surface area contributed by atoms with Crippen LogP contribution in [0.2, 0.25) is 0 Å². The highest BCUT2D eigenvalue weighted by atomic mass is 19.1. The number of nitrogens with one attached hydrogen (secondary N) is 2. The first-order valence-corrected chi connectivity index (χ1v) is 9.54. The van der Waals surface area contributed by atoms with E-state index in [0.29, 0.717) is 11.4 Å². The minimum atomic E-state index is -0.533. The number of carbonyl (C=O) groups excluding carboxylic acids is 1. The van der Waals surface area contributed by atoms with E-state index in [1.165, 1.54) is 6.07 Å². The third-order valence-electron chi connectivity index (χ3n) is 4.58. The summed E-state index contributed by atoms with van der Waals surface area (Å²) in [4.78, 5) is 16.9. The van der Waals surface area contributed by atoms with Gasteiger partial charge in [-0.3, -0.25) is 4.79 Å². The molecule has 152 valence electrons. The van der Waals surface area contributed by atoms with Crippen molar-refractivity contribution < 1.29 is 14.3 Å². The van der Waals surface area contributed by atoms with Crippen molar-refractivity contribution in [3.05, 3.63) is 47.9 Å². The van der Waals surface area contributed by atoms with Crippen LogP contribution in [0.5, 0.6) is 0 Å². The quantitative estimate of drug-likeness (QED) is 0.672. The Morgan fingerprint density at radius 3 is 2.46 bits per heavy atom. The SMILES string of the molecule is CC(C)[C@H](CO)NCc1nc(-c2ccccc2NC(=O)C(C)(C)C)ccc1F. The van der Waals surface area contributed by atoms with Crippen molar-refractivity contribution in [1.29, 1.82) is 0 Å². The van der Waals surface area contributed by atoms with E-state index in [1.54, 1.807) is 6.07 Å². The zero-order chi connectivity index (χ0) is 20.9.